The highest BCUT2D eigenvalue weighted by Crippen LogP contribution is 2.33. The van der Waals surface area contributed by atoms with Crippen molar-refractivity contribution < 1.29 is 0 Å². The molecule has 2 radical (unpaired) electrons. The Bertz CT molecular complexity index is 1600. The Kier molecular flexibility index (Phi) is 7.28. The van der Waals surface area contributed by atoms with E-state index in [2.05, 4.69) is 156 Å². The van der Waals surface area contributed by atoms with Crippen molar-refractivity contribution in [3.05, 3.63) is 95.1 Å². The summed E-state index contributed by atoms with van der Waals surface area (Å²) in [6.07, 6.45) is 0. The second-order valence-corrected chi connectivity index (χ2v) is 16.6. The summed E-state index contributed by atoms with van der Waals surface area (Å²) >= 11 is 0. The molecule has 0 aliphatic carbocycles. The molecular weight excluding hydrogens is 502 g/mol. The van der Waals surface area contributed by atoms with Gasteiger partial charge in [-0.2, -0.15) is 0 Å². The number of rotatable bonds is 2. The maximum atomic E-state index is 6.89. The highest BCUT2D eigenvalue weighted by molar-refractivity contribution is 6.99. The molecule has 0 bridgehead atoms. The predicted octanol–water partition coefficient (Wildman–Crippen LogP) is 7.83. The molecule has 0 unspecified atom stereocenters. The van der Waals surface area contributed by atoms with Crippen LogP contribution in [0.15, 0.2) is 72.8 Å². The lowest BCUT2D eigenvalue weighted by Crippen LogP contribution is -2.50. The van der Waals surface area contributed by atoms with Gasteiger partial charge in [0.25, 0.3) is 0 Å². The predicted molar refractivity (Wildman–Crippen MR) is 189 cm³/mol. The summed E-state index contributed by atoms with van der Waals surface area (Å²) in [6.45, 7) is 27.7. The van der Waals surface area contributed by atoms with E-state index in [9.17, 15) is 0 Å². The fourth-order valence-electron chi connectivity index (χ4n) is 6.32. The molecule has 0 N–H and O–H groups in total. The molecule has 0 saturated heterocycles. The summed E-state index contributed by atoms with van der Waals surface area (Å²) in [5, 5.41) is 0. The van der Waals surface area contributed by atoms with E-state index in [-0.39, 0.29) is 28.4 Å². The molecular formula is C40H48B2. The fourth-order valence-corrected chi connectivity index (χ4v) is 6.32. The van der Waals surface area contributed by atoms with Crippen LogP contribution >= 0.6 is 0 Å². The van der Waals surface area contributed by atoms with Crippen LogP contribution in [-0.4, -0.2) is 14.6 Å². The number of hydrogen-bond acceptors (Lipinski definition) is 0. The highest BCUT2D eigenvalue weighted by Gasteiger charge is 2.37. The molecule has 0 amide bonds. The Labute approximate surface area is 257 Å². The van der Waals surface area contributed by atoms with Gasteiger partial charge in [-0.3, -0.25) is 0 Å². The normalized spacial score (nSPS) is 13.8. The van der Waals surface area contributed by atoms with Gasteiger partial charge in [0.1, 0.15) is 7.85 Å². The molecule has 1 aliphatic heterocycles. The summed E-state index contributed by atoms with van der Waals surface area (Å²) in [5.41, 5.74) is 15.6. The lowest BCUT2D eigenvalue weighted by atomic mass is 9.37. The molecule has 0 fully saturated rings. The van der Waals surface area contributed by atoms with E-state index in [0.29, 0.717) is 0 Å². The molecule has 42 heavy (non-hydrogen) atoms. The molecule has 0 saturated carbocycles. The van der Waals surface area contributed by atoms with Gasteiger partial charge in [-0.15, -0.1) is 0 Å². The Morgan fingerprint density at radius 3 is 0.929 bits per heavy atom. The molecule has 5 rings (SSSR count). The van der Waals surface area contributed by atoms with E-state index in [0.717, 1.165) is 11.0 Å². The van der Waals surface area contributed by atoms with E-state index >= 15 is 0 Å². The van der Waals surface area contributed by atoms with Gasteiger partial charge in [0.05, 0.1) is 0 Å². The quantitative estimate of drug-likeness (QED) is 0.197. The van der Waals surface area contributed by atoms with E-state index in [1.165, 1.54) is 55.3 Å². The van der Waals surface area contributed by atoms with Crippen molar-refractivity contribution in [1.29, 1.82) is 0 Å². The summed E-state index contributed by atoms with van der Waals surface area (Å²) in [5.74, 6) is 0. The standard InChI is InChI=1S/C40H48B2/c1-37(2,3)25-13-17-29(33(41)21-25)30-18-14-26(38(4,5)6)22-34(30)42-35-23-27(39(7,8)9)15-19-31(35)32-20-16-28(24-36(32)42)40(10,11)12/h13-24H,1-12H3. The molecule has 0 nitrogen and oxygen atoms in total. The van der Waals surface area contributed by atoms with Gasteiger partial charge in [0, 0.05) is 0 Å². The molecule has 1 heterocycles. The largest absolute Gasteiger partial charge is 0.243 e. The summed E-state index contributed by atoms with van der Waals surface area (Å²) < 4.78 is 0. The smallest absolute Gasteiger partial charge is 0.0887 e. The molecule has 0 atom stereocenters. The van der Waals surface area contributed by atoms with E-state index in [4.69, 9.17) is 7.85 Å². The van der Waals surface area contributed by atoms with Gasteiger partial charge >= 0.3 is 0 Å². The lowest BCUT2D eigenvalue weighted by molar-refractivity contribution is 0.590. The van der Waals surface area contributed by atoms with Gasteiger partial charge in [-0.05, 0) is 66.2 Å². The van der Waals surface area contributed by atoms with Crippen molar-refractivity contribution in [2.45, 2.75) is 105 Å². The minimum absolute atomic E-state index is 0.0275. The van der Waals surface area contributed by atoms with Gasteiger partial charge in [0.15, 0.2) is 0 Å². The Morgan fingerprint density at radius 2 is 0.643 bits per heavy atom. The first-order valence-corrected chi connectivity index (χ1v) is 15.6. The zero-order chi connectivity index (χ0) is 31.0. The monoisotopic (exact) mass is 550 g/mol. The van der Waals surface area contributed by atoms with E-state index < -0.39 is 0 Å². The molecule has 4 aromatic carbocycles. The first kappa shape index (κ1) is 30.5. The summed E-state index contributed by atoms with van der Waals surface area (Å²) in [7, 11) is 6.89. The third kappa shape index (κ3) is 5.55. The van der Waals surface area contributed by atoms with Crippen LogP contribution in [0.25, 0.3) is 22.3 Å². The van der Waals surface area contributed by atoms with E-state index in [1.54, 1.807) is 0 Å². The van der Waals surface area contributed by atoms with Gasteiger partial charge < -0.3 is 0 Å². The third-order valence-electron chi connectivity index (χ3n) is 9.18. The second kappa shape index (κ2) is 10.0. The third-order valence-corrected chi connectivity index (χ3v) is 9.18. The minimum Gasteiger partial charge on any atom is -0.0887 e. The first-order chi connectivity index (χ1) is 19.3. The highest BCUT2D eigenvalue weighted by atomic mass is 14.3. The molecule has 0 aromatic heterocycles. The van der Waals surface area contributed by atoms with Gasteiger partial charge in [0.2, 0.25) is 6.71 Å². The van der Waals surface area contributed by atoms with Crippen LogP contribution in [-0.2, 0) is 21.7 Å². The van der Waals surface area contributed by atoms with Crippen molar-refractivity contribution in [3.63, 3.8) is 0 Å². The SMILES string of the molecule is [B]c1cc(C(C)(C)C)ccc1-c1ccc(C(C)(C)C)cc1B1c2cc(C(C)(C)C)ccc2-c2ccc(C(C)(C)C)cc21. The van der Waals surface area contributed by atoms with Crippen molar-refractivity contribution in [1.82, 2.24) is 0 Å². The van der Waals surface area contributed by atoms with Crippen molar-refractivity contribution in [2.75, 3.05) is 0 Å². The molecule has 214 valence electrons. The van der Waals surface area contributed by atoms with Crippen LogP contribution in [0, 0.1) is 0 Å². The zero-order valence-corrected chi connectivity index (χ0v) is 28.1. The fraction of sp³-hybridized carbons (Fsp3) is 0.400. The average Bonchev–Trinajstić information content (AvgIpc) is 3.19. The molecule has 0 spiro atoms. The number of fused-ring (bicyclic) bond motifs is 3. The van der Waals surface area contributed by atoms with Crippen LogP contribution < -0.4 is 21.9 Å². The van der Waals surface area contributed by atoms with Gasteiger partial charge in [-0.25, -0.2) is 0 Å². The molecule has 1 aliphatic rings. The summed E-state index contributed by atoms with van der Waals surface area (Å²) in [4.78, 5) is 0. The first-order valence-electron chi connectivity index (χ1n) is 15.6. The Balaban J connectivity index is 1.85. The van der Waals surface area contributed by atoms with Crippen LogP contribution in [0.3, 0.4) is 0 Å². The van der Waals surface area contributed by atoms with E-state index in [1.807, 2.05) is 0 Å². The Morgan fingerprint density at radius 1 is 0.381 bits per heavy atom. The lowest BCUT2D eigenvalue weighted by Gasteiger charge is -2.26. The number of benzene rings is 4. The van der Waals surface area contributed by atoms with Crippen LogP contribution in [0.4, 0.5) is 0 Å². The Hall–Kier alpha value is -2.99. The van der Waals surface area contributed by atoms with Gasteiger partial charge in [-0.1, -0.05) is 178 Å². The maximum absolute atomic E-state index is 6.89. The van der Waals surface area contributed by atoms with Crippen LogP contribution in [0.5, 0.6) is 0 Å². The van der Waals surface area contributed by atoms with Crippen molar-refractivity contribution in [3.8, 4) is 22.3 Å². The molecule has 4 aromatic rings. The second-order valence-electron chi connectivity index (χ2n) is 16.6. The topological polar surface area (TPSA) is 0 Å². The molecule has 2 heteroatoms. The van der Waals surface area contributed by atoms with Crippen LogP contribution in [0.1, 0.15) is 105 Å². The average molecular weight is 550 g/mol. The van der Waals surface area contributed by atoms with Crippen molar-refractivity contribution in [2.24, 2.45) is 0 Å². The number of hydrogen-bond donors (Lipinski definition) is 0. The summed E-state index contributed by atoms with van der Waals surface area (Å²) in [6, 6.07) is 28.2. The minimum atomic E-state index is 0.0275. The zero-order valence-electron chi connectivity index (χ0n) is 28.1. The van der Waals surface area contributed by atoms with Crippen LogP contribution in [0.2, 0.25) is 0 Å². The van der Waals surface area contributed by atoms with Crippen molar-refractivity contribution >= 4 is 36.4 Å². The maximum Gasteiger partial charge on any atom is 0.243 e.